The first-order valence-electron chi connectivity index (χ1n) is 16.8. The second-order valence-electron chi connectivity index (χ2n) is 14.7. The Morgan fingerprint density at radius 3 is 2.36 bits per heavy atom. The molecule has 4 rings (SSSR count). The number of hydrogen-bond acceptors (Lipinski definition) is 10. The summed E-state index contributed by atoms with van der Waals surface area (Å²) in [6.07, 6.45) is -1.29. The van der Waals surface area contributed by atoms with Gasteiger partial charge in [0, 0.05) is 31.3 Å². The van der Waals surface area contributed by atoms with E-state index in [1.807, 2.05) is 65.0 Å². The fraction of sp³-hybridized carbons (Fsp3) is 0.735. The van der Waals surface area contributed by atoms with Crippen molar-refractivity contribution in [2.45, 2.75) is 91.2 Å². The van der Waals surface area contributed by atoms with Crippen molar-refractivity contribution in [1.29, 1.82) is 0 Å². The molecule has 3 aliphatic rings. The minimum absolute atomic E-state index is 0.00974. The van der Waals surface area contributed by atoms with Gasteiger partial charge in [-0.25, -0.2) is 24.4 Å². The van der Waals surface area contributed by atoms with Gasteiger partial charge in [0.25, 0.3) is 5.91 Å². The third kappa shape index (κ3) is 11.0. The Labute approximate surface area is 278 Å². The number of alkyl carbamates (subject to hydrolysis) is 2. The summed E-state index contributed by atoms with van der Waals surface area (Å²) in [5.41, 5.74) is 3.19. The van der Waals surface area contributed by atoms with Crippen molar-refractivity contribution in [2.75, 3.05) is 39.5 Å². The summed E-state index contributed by atoms with van der Waals surface area (Å²) in [7, 11) is 0. The second-order valence-corrected chi connectivity index (χ2v) is 14.7. The molecule has 0 spiro atoms. The van der Waals surface area contributed by atoms with Gasteiger partial charge < -0.3 is 30.0 Å². The standard InChI is InChI=1S/C34H54N4O9/c1-21(2)16-38(37-31(40)30(34(4,5)6)36-33(42)46-25-12-13-43-19-25)17-28(39)27(15-23-10-8-7-9-11-23)35-32(41)47-29-24-14-22(3)26(29)20-45-44-18-24/h7-11,21-22,24-30,39H,12-20H2,1-6H3,(H,35,41)(H,36,42)(H,37,40)/t22?,24?,25?,26?,27-,28+,29?,30+/m0/s1. The Hall–Kier alpha value is -2.97. The summed E-state index contributed by atoms with van der Waals surface area (Å²) >= 11 is 0. The van der Waals surface area contributed by atoms with Crippen LogP contribution in [0.2, 0.25) is 0 Å². The Morgan fingerprint density at radius 1 is 1.00 bits per heavy atom. The Morgan fingerprint density at radius 2 is 1.70 bits per heavy atom. The van der Waals surface area contributed by atoms with Crippen molar-refractivity contribution in [2.24, 2.45) is 29.1 Å². The van der Waals surface area contributed by atoms with Crippen LogP contribution in [0.3, 0.4) is 0 Å². The Bertz CT molecular complexity index is 1160. The normalized spacial score (nSPS) is 26.3. The van der Waals surface area contributed by atoms with Crippen molar-refractivity contribution in [3.8, 4) is 0 Å². The van der Waals surface area contributed by atoms with Crippen LogP contribution in [-0.4, -0.2) is 98.1 Å². The van der Waals surface area contributed by atoms with E-state index in [0.29, 0.717) is 51.7 Å². The number of nitrogens with one attached hydrogen (secondary N) is 3. The lowest BCUT2D eigenvalue weighted by atomic mass is 9.86. The molecule has 4 N–H and O–H groups in total. The minimum Gasteiger partial charge on any atom is -0.445 e. The van der Waals surface area contributed by atoms with Crippen LogP contribution < -0.4 is 16.1 Å². The quantitative estimate of drug-likeness (QED) is 0.183. The molecule has 2 heterocycles. The van der Waals surface area contributed by atoms with Crippen LogP contribution in [-0.2, 0) is 35.2 Å². The van der Waals surface area contributed by atoms with Crippen molar-refractivity contribution < 1.29 is 43.5 Å². The van der Waals surface area contributed by atoms with Gasteiger partial charge in [0.1, 0.15) is 18.2 Å². The van der Waals surface area contributed by atoms with Gasteiger partial charge in [-0.3, -0.25) is 10.2 Å². The van der Waals surface area contributed by atoms with Gasteiger partial charge in [-0.05, 0) is 35.7 Å². The molecule has 1 aromatic carbocycles. The molecule has 5 unspecified atom stereocenters. The third-order valence-corrected chi connectivity index (χ3v) is 9.04. The monoisotopic (exact) mass is 662 g/mol. The zero-order valence-electron chi connectivity index (χ0n) is 28.6. The second kappa shape index (κ2) is 16.9. The summed E-state index contributed by atoms with van der Waals surface area (Å²) in [6.45, 7) is 13.7. The van der Waals surface area contributed by atoms with Crippen molar-refractivity contribution in [3.63, 3.8) is 0 Å². The molecular formula is C34H54N4O9. The highest BCUT2D eigenvalue weighted by Gasteiger charge is 2.46. The summed E-state index contributed by atoms with van der Waals surface area (Å²) in [5, 5.41) is 18.9. The number of carbonyl (C=O) groups is 3. The topological polar surface area (TPSA) is 157 Å². The molecule has 13 heteroatoms. The van der Waals surface area contributed by atoms with Gasteiger partial charge in [-0.2, -0.15) is 0 Å². The van der Waals surface area contributed by atoms with Gasteiger partial charge in [0.15, 0.2) is 0 Å². The average molecular weight is 663 g/mol. The van der Waals surface area contributed by atoms with Crippen LogP contribution in [0.4, 0.5) is 9.59 Å². The molecule has 2 bridgehead atoms. The van der Waals surface area contributed by atoms with E-state index in [2.05, 4.69) is 23.0 Å². The van der Waals surface area contributed by atoms with Crippen LogP contribution in [0.25, 0.3) is 0 Å². The highest BCUT2D eigenvalue weighted by Crippen LogP contribution is 2.40. The molecule has 47 heavy (non-hydrogen) atoms. The van der Waals surface area contributed by atoms with Crippen LogP contribution in [0.5, 0.6) is 0 Å². The number of fused-ring (bicyclic) bond motifs is 2. The lowest BCUT2D eigenvalue weighted by Gasteiger charge is -2.35. The number of benzene rings is 1. The third-order valence-electron chi connectivity index (χ3n) is 9.04. The fourth-order valence-electron chi connectivity index (χ4n) is 6.55. The molecular weight excluding hydrogens is 608 g/mol. The zero-order valence-corrected chi connectivity index (χ0v) is 28.6. The molecule has 8 atom stereocenters. The largest absolute Gasteiger partial charge is 0.445 e. The maximum absolute atomic E-state index is 13.7. The molecule has 264 valence electrons. The van der Waals surface area contributed by atoms with E-state index in [4.69, 9.17) is 24.0 Å². The smallest absolute Gasteiger partial charge is 0.408 e. The van der Waals surface area contributed by atoms with E-state index >= 15 is 0 Å². The molecule has 1 saturated carbocycles. The van der Waals surface area contributed by atoms with Gasteiger partial charge in [-0.1, -0.05) is 71.9 Å². The van der Waals surface area contributed by atoms with Gasteiger partial charge in [-0.15, -0.1) is 0 Å². The molecule has 1 aliphatic carbocycles. The summed E-state index contributed by atoms with van der Waals surface area (Å²) < 4.78 is 16.7. The average Bonchev–Trinajstić information content (AvgIpc) is 3.53. The Balaban J connectivity index is 1.44. The first kappa shape index (κ1) is 36.9. The van der Waals surface area contributed by atoms with Crippen molar-refractivity contribution in [3.05, 3.63) is 35.9 Å². The van der Waals surface area contributed by atoms with Crippen LogP contribution in [0.15, 0.2) is 30.3 Å². The van der Waals surface area contributed by atoms with Crippen molar-refractivity contribution >= 4 is 18.1 Å². The summed E-state index contributed by atoms with van der Waals surface area (Å²) in [4.78, 5) is 50.3. The van der Waals surface area contributed by atoms with Crippen LogP contribution >= 0.6 is 0 Å². The highest BCUT2D eigenvalue weighted by molar-refractivity contribution is 5.86. The predicted molar refractivity (Wildman–Crippen MR) is 173 cm³/mol. The molecule has 0 radical (unpaired) electrons. The number of nitrogens with zero attached hydrogens (tertiary/aromatic N) is 1. The van der Waals surface area contributed by atoms with Gasteiger partial charge >= 0.3 is 12.2 Å². The summed E-state index contributed by atoms with van der Waals surface area (Å²) in [5.74, 6) is 0.0600. The lowest BCUT2D eigenvalue weighted by molar-refractivity contribution is -0.302. The molecule has 13 nitrogen and oxygen atoms in total. The van der Waals surface area contributed by atoms with E-state index in [-0.39, 0.29) is 36.5 Å². The maximum Gasteiger partial charge on any atom is 0.408 e. The number of aliphatic hydroxyl groups excluding tert-OH is 1. The molecule has 3 amide bonds. The predicted octanol–water partition coefficient (Wildman–Crippen LogP) is 3.21. The number of hydrazine groups is 1. The fourth-order valence-corrected chi connectivity index (χ4v) is 6.55. The van der Waals surface area contributed by atoms with Crippen LogP contribution in [0, 0.1) is 29.1 Å². The molecule has 1 aromatic rings. The van der Waals surface area contributed by atoms with Crippen molar-refractivity contribution in [1.82, 2.24) is 21.1 Å². The van der Waals surface area contributed by atoms with Gasteiger partial charge in [0.05, 0.1) is 38.6 Å². The number of rotatable bonds is 13. The number of carbonyl (C=O) groups excluding carboxylic acids is 3. The first-order chi connectivity index (χ1) is 22.3. The molecule has 2 saturated heterocycles. The SMILES string of the molecule is CC(C)CN(C[C@@H](O)[C@H](Cc1ccccc1)NC(=O)OC1C2COOCC1C(C)C2)NC(=O)[C@@H](NC(=O)OC1CCOC1)C(C)(C)C. The van der Waals surface area contributed by atoms with Crippen LogP contribution in [0.1, 0.15) is 59.9 Å². The molecule has 0 aromatic heterocycles. The Kier molecular flexibility index (Phi) is 13.3. The highest BCUT2D eigenvalue weighted by atomic mass is 17.2. The van der Waals surface area contributed by atoms with E-state index in [1.54, 1.807) is 5.01 Å². The first-order valence-corrected chi connectivity index (χ1v) is 16.8. The van der Waals surface area contributed by atoms with E-state index in [0.717, 1.165) is 12.0 Å². The molecule has 2 aliphatic heterocycles. The maximum atomic E-state index is 13.7. The molecule has 3 fully saturated rings. The zero-order chi connectivity index (χ0) is 34.1. The summed E-state index contributed by atoms with van der Waals surface area (Å²) in [6, 6.07) is 7.90. The number of ether oxygens (including phenoxy) is 3. The van der Waals surface area contributed by atoms with E-state index < -0.39 is 41.7 Å². The number of aliphatic hydroxyl groups is 1. The minimum atomic E-state index is -1.09. The van der Waals surface area contributed by atoms with Gasteiger partial charge in [0.2, 0.25) is 0 Å². The number of amides is 3. The van der Waals surface area contributed by atoms with E-state index in [9.17, 15) is 19.5 Å². The van der Waals surface area contributed by atoms with E-state index in [1.165, 1.54) is 0 Å². The lowest BCUT2D eigenvalue weighted by Crippen LogP contribution is -2.60. The number of hydrogen-bond donors (Lipinski definition) is 4.